The molecule has 1 rings (SSSR count). The first kappa shape index (κ1) is 12.2. The van der Waals surface area contributed by atoms with E-state index in [1.54, 1.807) is 6.92 Å². The smallest absolute Gasteiger partial charge is 0.0636 e. The third kappa shape index (κ3) is 4.02. The standard InChI is InChI=1S/C13H21NO/c1-10(15)9-14-12(3)11(2)13-7-5-4-6-8-13/h4-8,10-12,14-15H,9H2,1-3H3/t10-,11?,12?/m0/s1. The molecule has 1 aromatic rings. The molecular formula is C13H21NO. The Morgan fingerprint density at radius 1 is 1.13 bits per heavy atom. The summed E-state index contributed by atoms with van der Waals surface area (Å²) in [6, 6.07) is 10.8. The highest BCUT2D eigenvalue weighted by molar-refractivity contribution is 5.20. The first-order valence-corrected chi connectivity index (χ1v) is 5.57. The Morgan fingerprint density at radius 2 is 1.73 bits per heavy atom. The van der Waals surface area contributed by atoms with Gasteiger partial charge in [-0.25, -0.2) is 0 Å². The van der Waals surface area contributed by atoms with Crippen LogP contribution < -0.4 is 5.32 Å². The zero-order chi connectivity index (χ0) is 11.3. The fourth-order valence-corrected chi connectivity index (χ4v) is 1.58. The molecule has 0 spiro atoms. The normalized spacial score (nSPS) is 17.1. The van der Waals surface area contributed by atoms with E-state index < -0.39 is 0 Å². The number of aliphatic hydroxyl groups excluding tert-OH is 1. The van der Waals surface area contributed by atoms with Crippen LogP contribution in [-0.2, 0) is 0 Å². The van der Waals surface area contributed by atoms with Crippen molar-refractivity contribution in [3.05, 3.63) is 35.9 Å². The fraction of sp³-hybridized carbons (Fsp3) is 0.538. The van der Waals surface area contributed by atoms with Crippen LogP contribution in [-0.4, -0.2) is 23.8 Å². The number of nitrogens with one attached hydrogen (secondary N) is 1. The molecule has 84 valence electrons. The molecule has 2 nitrogen and oxygen atoms in total. The van der Waals surface area contributed by atoms with Gasteiger partial charge in [0.15, 0.2) is 0 Å². The van der Waals surface area contributed by atoms with Crippen LogP contribution in [0.4, 0.5) is 0 Å². The minimum absolute atomic E-state index is 0.282. The van der Waals surface area contributed by atoms with Gasteiger partial charge in [-0.15, -0.1) is 0 Å². The number of aliphatic hydroxyl groups is 1. The average molecular weight is 207 g/mol. The molecule has 2 heteroatoms. The number of hydrogen-bond donors (Lipinski definition) is 2. The summed E-state index contributed by atoms with van der Waals surface area (Å²) in [6.45, 7) is 6.81. The van der Waals surface area contributed by atoms with Gasteiger partial charge in [0, 0.05) is 12.6 Å². The highest BCUT2D eigenvalue weighted by atomic mass is 16.3. The molecule has 0 aromatic heterocycles. The summed E-state index contributed by atoms with van der Waals surface area (Å²) in [4.78, 5) is 0. The van der Waals surface area contributed by atoms with Crippen LogP contribution in [0.2, 0.25) is 0 Å². The Balaban J connectivity index is 2.49. The van der Waals surface area contributed by atoms with E-state index in [4.69, 9.17) is 0 Å². The van der Waals surface area contributed by atoms with E-state index in [0.29, 0.717) is 18.5 Å². The van der Waals surface area contributed by atoms with E-state index in [-0.39, 0.29) is 6.10 Å². The van der Waals surface area contributed by atoms with Crippen LogP contribution in [0.5, 0.6) is 0 Å². The van der Waals surface area contributed by atoms with Crippen molar-refractivity contribution < 1.29 is 5.11 Å². The van der Waals surface area contributed by atoms with Gasteiger partial charge in [-0.3, -0.25) is 0 Å². The summed E-state index contributed by atoms with van der Waals surface area (Å²) in [5, 5.41) is 12.5. The van der Waals surface area contributed by atoms with Gasteiger partial charge in [-0.1, -0.05) is 37.3 Å². The van der Waals surface area contributed by atoms with Crippen LogP contribution in [0.3, 0.4) is 0 Å². The lowest BCUT2D eigenvalue weighted by Gasteiger charge is -2.22. The summed E-state index contributed by atoms with van der Waals surface area (Å²) in [5.74, 6) is 0.463. The van der Waals surface area contributed by atoms with Crippen molar-refractivity contribution in [2.45, 2.75) is 38.8 Å². The first-order valence-electron chi connectivity index (χ1n) is 5.57. The number of rotatable bonds is 5. The molecule has 0 radical (unpaired) electrons. The Kier molecular flexibility index (Phi) is 4.79. The van der Waals surface area contributed by atoms with Crippen LogP contribution in [0.15, 0.2) is 30.3 Å². The molecule has 3 atom stereocenters. The summed E-state index contributed by atoms with van der Waals surface area (Å²) >= 11 is 0. The van der Waals surface area contributed by atoms with Crippen molar-refractivity contribution in [3.63, 3.8) is 0 Å². The molecule has 2 unspecified atom stereocenters. The Labute approximate surface area is 92.3 Å². The molecular weight excluding hydrogens is 186 g/mol. The SMILES string of the molecule is CC(NC[C@H](C)O)C(C)c1ccccc1. The largest absolute Gasteiger partial charge is 0.392 e. The van der Waals surface area contributed by atoms with Crippen LogP contribution in [0, 0.1) is 0 Å². The van der Waals surface area contributed by atoms with Gasteiger partial charge in [-0.2, -0.15) is 0 Å². The van der Waals surface area contributed by atoms with Gasteiger partial charge >= 0.3 is 0 Å². The van der Waals surface area contributed by atoms with Gasteiger partial charge in [0.05, 0.1) is 6.10 Å². The molecule has 0 aliphatic rings. The third-order valence-electron chi connectivity index (χ3n) is 2.81. The second-order valence-electron chi connectivity index (χ2n) is 4.25. The van der Waals surface area contributed by atoms with Crippen molar-refractivity contribution in [1.29, 1.82) is 0 Å². The van der Waals surface area contributed by atoms with Crippen molar-refractivity contribution in [2.75, 3.05) is 6.54 Å². The van der Waals surface area contributed by atoms with E-state index in [1.807, 2.05) is 6.07 Å². The van der Waals surface area contributed by atoms with Crippen LogP contribution >= 0.6 is 0 Å². The van der Waals surface area contributed by atoms with Gasteiger partial charge < -0.3 is 10.4 Å². The van der Waals surface area contributed by atoms with Crippen LogP contribution in [0.1, 0.15) is 32.3 Å². The minimum atomic E-state index is -0.282. The summed E-state index contributed by atoms with van der Waals surface area (Å²) in [5.41, 5.74) is 1.34. The Morgan fingerprint density at radius 3 is 2.27 bits per heavy atom. The van der Waals surface area contributed by atoms with Crippen LogP contribution in [0.25, 0.3) is 0 Å². The fourth-order valence-electron chi connectivity index (χ4n) is 1.58. The Bertz CT molecular complexity index is 271. The maximum Gasteiger partial charge on any atom is 0.0636 e. The molecule has 1 aromatic carbocycles. The molecule has 0 amide bonds. The predicted octanol–water partition coefficient (Wildman–Crippen LogP) is 2.15. The molecule has 15 heavy (non-hydrogen) atoms. The average Bonchev–Trinajstić information content (AvgIpc) is 2.26. The molecule has 0 heterocycles. The monoisotopic (exact) mass is 207 g/mol. The zero-order valence-corrected chi connectivity index (χ0v) is 9.77. The molecule has 0 saturated carbocycles. The van der Waals surface area contributed by atoms with E-state index >= 15 is 0 Å². The molecule has 0 fully saturated rings. The second-order valence-corrected chi connectivity index (χ2v) is 4.25. The van der Waals surface area contributed by atoms with Crippen molar-refractivity contribution in [1.82, 2.24) is 5.32 Å². The van der Waals surface area contributed by atoms with Crippen molar-refractivity contribution in [3.8, 4) is 0 Å². The zero-order valence-electron chi connectivity index (χ0n) is 9.77. The van der Waals surface area contributed by atoms with E-state index in [9.17, 15) is 5.11 Å². The lowest BCUT2D eigenvalue weighted by atomic mass is 9.94. The lowest BCUT2D eigenvalue weighted by molar-refractivity contribution is 0.185. The van der Waals surface area contributed by atoms with Gasteiger partial charge in [-0.05, 0) is 25.3 Å². The van der Waals surface area contributed by atoms with E-state index in [1.165, 1.54) is 5.56 Å². The summed E-state index contributed by atoms with van der Waals surface area (Å²) < 4.78 is 0. The van der Waals surface area contributed by atoms with E-state index in [2.05, 4.69) is 43.4 Å². The molecule has 0 bridgehead atoms. The van der Waals surface area contributed by atoms with Crippen molar-refractivity contribution in [2.24, 2.45) is 0 Å². The van der Waals surface area contributed by atoms with Crippen molar-refractivity contribution >= 4 is 0 Å². The summed E-state index contributed by atoms with van der Waals surface area (Å²) in [6.07, 6.45) is -0.282. The second kappa shape index (κ2) is 5.89. The third-order valence-corrected chi connectivity index (χ3v) is 2.81. The number of hydrogen-bond acceptors (Lipinski definition) is 2. The molecule has 0 aliphatic carbocycles. The van der Waals surface area contributed by atoms with Gasteiger partial charge in [0.2, 0.25) is 0 Å². The highest BCUT2D eigenvalue weighted by Crippen LogP contribution is 2.18. The minimum Gasteiger partial charge on any atom is -0.392 e. The van der Waals surface area contributed by atoms with Gasteiger partial charge in [0.1, 0.15) is 0 Å². The maximum atomic E-state index is 9.19. The maximum absolute atomic E-state index is 9.19. The predicted molar refractivity (Wildman–Crippen MR) is 64.0 cm³/mol. The molecule has 0 aliphatic heterocycles. The lowest BCUT2D eigenvalue weighted by Crippen LogP contribution is -2.35. The Hall–Kier alpha value is -0.860. The molecule has 2 N–H and O–H groups in total. The quantitative estimate of drug-likeness (QED) is 0.775. The summed E-state index contributed by atoms with van der Waals surface area (Å²) in [7, 11) is 0. The topological polar surface area (TPSA) is 32.3 Å². The van der Waals surface area contributed by atoms with Gasteiger partial charge in [0.25, 0.3) is 0 Å². The number of benzene rings is 1. The highest BCUT2D eigenvalue weighted by Gasteiger charge is 2.13. The first-order chi connectivity index (χ1) is 7.11. The van der Waals surface area contributed by atoms with E-state index in [0.717, 1.165) is 0 Å². The molecule has 0 saturated heterocycles.